The number of carbonyl (C=O) groups is 2. The van der Waals surface area contributed by atoms with E-state index < -0.39 is 17.7 Å². The number of anilines is 1. The first-order chi connectivity index (χ1) is 15.4. The molecule has 0 radical (unpaired) electrons. The van der Waals surface area contributed by atoms with Gasteiger partial charge in [-0.05, 0) is 62.7 Å². The molecule has 1 aliphatic heterocycles. The van der Waals surface area contributed by atoms with Crippen molar-refractivity contribution in [3.8, 4) is 5.75 Å². The number of aliphatic hydroxyl groups excluding tert-OH is 1. The third kappa shape index (κ3) is 4.02. The van der Waals surface area contributed by atoms with Crippen LogP contribution >= 0.6 is 0 Å². The maximum Gasteiger partial charge on any atom is 0.300 e. The summed E-state index contributed by atoms with van der Waals surface area (Å²) in [5.74, 6) is -0.912. The Morgan fingerprint density at radius 1 is 0.938 bits per heavy atom. The summed E-state index contributed by atoms with van der Waals surface area (Å²) in [4.78, 5) is 27.7. The monoisotopic (exact) mass is 427 g/mol. The number of amides is 1. The Hall–Kier alpha value is -3.86. The fraction of sp³-hybridized carbons (Fsp3) is 0.185. The highest BCUT2D eigenvalue weighted by Crippen LogP contribution is 2.42. The number of benzene rings is 3. The summed E-state index contributed by atoms with van der Waals surface area (Å²) >= 11 is 0. The van der Waals surface area contributed by atoms with Crippen LogP contribution in [0.2, 0.25) is 0 Å². The van der Waals surface area contributed by atoms with E-state index >= 15 is 0 Å². The van der Waals surface area contributed by atoms with Crippen LogP contribution in [0.4, 0.5) is 5.69 Å². The molecule has 32 heavy (non-hydrogen) atoms. The Kier molecular flexibility index (Phi) is 5.82. The van der Waals surface area contributed by atoms with Crippen molar-refractivity contribution in [2.24, 2.45) is 0 Å². The number of ketones is 1. The molecule has 0 aliphatic carbocycles. The van der Waals surface area contributed by atoms with Crippen molar-refractivity contribution in [3.63, 3.8) is 0 Å². The number of aliphatic hydroxyl groups is 1. The molecule has 5 heteroatoms. The van der Waals surface area contributed by atoms with Crippen molar-refractivity contribution in [2.75, 3.05) is 4.90 Å². The molecule has 1 amide bonds. The SMILES string of the molecule is Cc1cccc(C2/C(=C(/O)c3ccc(OC(C)C)cc3)C(=O)C(=O)N2c2ccccc2)c1. The van der Waals surface area contributed by atoms with Crippen LogP contribution in [0.15, 0.2) is 84.4 Å². The summed E-state index contributed by atoms with van der Waals surface area (Å²) in [6, 6.07) is 22.8. The first-order valence-corrected chi connectivity index (χ1v) is 10.6. The molecule has 1 aliphatic rings. The molecule has 1 heterocycles. The number of rotatable bonds is 5. The summed E-state index contributed by atoms with van der Waals surface area (Å²) in [5, 5.41) is 11.2. The van der Waals surface area contributed by atoms with E-state index in [0.717, 1.165) is 11.1 Å². The second-order valence-corrected chi connectivity index (χ2v) is 8.11. The zero-order valence-electron chi connectivity index (χ0n) is 18.3. The van der Waals surface area contributed by atoms with E-state index in [-0.39, 0.29) is 17.4 Å². The lowest BCUT2D eigenvalue weighted by atomic mass is 9.94. The molecule has 1 saturated heterocycles. The van der Waals surface area contributed by atoms with Crippen LogP contribution in [0.25, 0.3) is 5.76 Å². The molecular weight excluding hydrogens is 402 g/mol. The summed E-state index contributed by atoms with van der Waals surface area (Å²) in [6.07, 6.45) is 0.0203. The highest BCUT2D eigenvalue weighted by Gasteiger charge is 2.46. The van der Waals surface area contributed by atoms with Gasteiger partial charge in [-0.2, -0.15) is 0 Å². The van der Waals surface area contributed by atoms with E-state index in [2.05, 4.69) is 0 Å². The van der Waals surface area contributed by atoms with E-state index in [9.17, 15) is 14.7 Å². The number of Topliss-reactive ketones (excluding diaryl/α,β-unsaturated/α-hetero) is 1. The molecule has 4 rings (SSSR count). The zero-order valence-corrected chi connectivity index (χ0v) is 18.3. The minimum absolute atomic E-state index is 0.0203. The minimum atomic E-state index is -0.733. The van der Waals surface area contributed by atoms with Gasteiger partial charge in [0.25, 0.3) is 11.7 Å². The lowest BCUT2D eigenvalue weighted by molar-refractivity contribution is -0.132. The van der Waals surface area contributed by atoms with Crippen LogP contribution in [0.3, 0.4) is 0 Å². The second-order valence-electron chi connectivity index (χ2n) is 8.11. The molecule has 1 atom stereocenters. The predicted octanol–water partition coefficient (Wildman–Crippen LogP) is 5.41. The standard InChI is InChI=1S/C27H25NO4/c1-17(2)32-22-14-12-19(13-15-22)25(29)23-24(20-9-7-8-18(3)16-20)28(27(31)26(23)30)21-10-5-4-6-11-21/h4-17,24,29H,1-3H3/b25-23-. The highest BCUT2D eigenvalue weighted by molar-refractivity contribution is 6.51. The van der Waals surface area contributed by atoms with Crippen molar-refractivity contribution in [1.29, 1.82) is 0 Å². The molecule has 162 valence electrons. The molecular formula is C27H25NO4. The lowest BCUT2D eigenvalue weighted by Gasteiger charge is -2.25. The first-order valence-electron chi connectivity index (χ1n) is 10.6. The van der Waals surface area contributed by atoms with Crippen molar-refractivity contribution in [2.45, 2.75) is 32.9 Å². The fourth-order valence-electron chi connectivity index (χ4n) is 3.96. The Morgan fingerprint density at radius 2 is 1.62 bits per heavy atom. The third-order valence-electron chi connectivity index (χ3n) is 5.34. The molecule has 0 bridgehead atoms. The van der Waals surface area contributed by atoms with Gasteiger partial charge in [0.05, 0.1) is 17.7 Å². The number of hydrogen-bond donors (Lipinski definition) is 1. The summed E-state index contributed by atoms with van der Waals surface area (Å²) in [7, 11) is 0. The number of nitrogens with zero attached hydrogens (tertiary/aromatic N) is 1. The van der Waals surface area contributed by atoms with Crippen LogP contribution in [-0.4, -0.2) is 22.9 Å². The predicted molar refractivity (Wildman–Crippen MR) is 125 cm³/mol. The lowest BCUT2D eigenvalue weighted by Crippen LogP contribution is -2.29. The normalized spacial score (nSPS) is 17.8. The van der Waals surface area contributed by atoms with Gasteiger partial charge >= 0.3 is 0 Å². The van der Waals surface area contributed by atoms with Gasteiger partial charge in [-0.25, -0.2) is 0 Å². The number of aryl methyl sites for hydroxylation is 1. The molecule has 0 aromatic heterocycles. The van der Waals surface area contributed by atoms with Gasteiger partial charge in [0.15, 0.2) is 0 Å². The summed E-state index contributed by atoms with van der Waals surface area (Å²) in [6.45, 7) is 5.81. The minimum Gasteiger partial charge on any atom is -0.507 e. The third-order valence-corrected chi connectivity index (χ3v) is 5.34. The number of ether oxygens (including phenoxy) is 1. The second kappa shape index (κ2) is 8.71. The van der Waals surface area contributed by atoms with Gasteiger partial charge in [0, 0.05) is 11.3 Å². The molecule has 0 saturated carbocycles. The summed E-state index contributed by atoms with van der Waals surface area (Å²) in [5.41, 5.74) is 2.87. The maximum absolute atomic E-state index is 13.2. The van der Waals surface area contributed by atoms with Gasteiger partial charge in [0.2, 0.25) is 0 Å². The highest BCUT2D eigenvalue weighted by atomic mass is 16.5. The van der Waals surface area contributed by atoms with Crippen molar-refractivity contribution in [1.82, 2.24) is 0 Å². The number of para-hydroxylation sites is 1. The molecule has 3 aromatic carbocycles. The van der Waals surface area contributed by atoms with Gasteiger partial charge < -0.3 is 9.84 Å². The number of carbonyl (C=O) groups excluding carboxylic acids is 2. The van der Waals surface area contributed by atoms with Gasteiger partial charge in [-0.3, -0.25) is 14.5 Å². The molecule has 3 aromatic rings. The quantitative estimate of drug-likeness (QED) is 0.336. The van der Waals surface area contributed by atoms with E-state index in [1.54, 1.807) is 36.4 Å². The average Bonchev–Trinajstić information content (AvgIpc) is 3.05. The first kappa shape index (κ1) is 21.4. The largest absolute Gasteiger partial charge is 0.507 e. The smallest absolute Gasteiger partial charge is 0.300 e. The van der Waals surface area contributed by atoms with Crippen LogP contribution in [0.1, 0.15) is 36.6 Å². The van der Waals surface area contributed by atoms with Crippen molar-refractivity contribution in [3.05, 3.63) is 101 Å². The van der Waals surface area contributed by atoms with Crippen LogP contribution in [0.5, 0.6) is 5.75 Å². The number of hydrogen-bond acceptors (Lipinski definition) is 4. The Bertz CT molecular complexity index is 1180. The topological polar surface area (TPSA) is 66.8 Å². The molecule has 5 nitrogen and oxygen atoms in total. The molecule has 1 N–H and O–H groups in total. The van der Waals surface area contributed by atoms with E-state index in [1.165, 1.54) is 4.90 Å². The van der Waals surface area contributed by atoms with Crippen molar-refractivity contribution >= 4 is 23.1 Å². The van der Waals surface area contributed by atoms with Gasteiger partial charge in [0.1, 0.15) is 11.5 Å². The Labute approximate surface area is 187 Å². The van der Waals surface area contributed by atoms with Gasteiger partial charge in [-0.15, -0.1) is 0 Å². The fourth-order valence-corrected chi connectivity index (χ4v) is 3.96. The van der Waals surface area contributed by atoms with Crippen LogP contribution in [0, 0.1) is 6.92 Å². The molecule has 1 unspecified atom stereocenters. The average molecular weight is 428 g/mol. The van der Waals surface area contributed by atoms with Gasteiger partial charge in [-0.1, -0.05) is 48.0 Å². The van der Waals surface area contributed by atoms with Crippen LogP contribution in [-0.2, 0) is 9.59 Å². The zero-order chi connectivity index (χ0) is 22.8. The van der Waals surface area contributed by atoms with E-state index in [0.29, 0.717) is 17.0 Å². The van der Waals surface area contributed by atoms with Crippen LogP contribution < -0.4 is 9.64 Å². The molecule has 0 spiro atoms. The summed E-state index contributed by atoms with van der Waals surface area (Å²) < 4.78 is 5.66. The Morgan fingerprint density at radius 3 is 2.25 bits per heavy atom. The van der Waals surface area contributed by atoms with Crippen molar-refractivity contribution < 1.29 is 19.4 Å². The van der Waals surface area contributed by atoms with E-state index in [4.69, 9.17) is 4.74 Å². The maximum atomic E-state index is 13.2. The molecule has 1 fully saturated rings. The van der Waals surface area contributed by atoms with E-state index in [1.807, 2.05) is 63.2 Å². The Balaban J connectivity index is 1.86.